The number of rotatable bonds is 4. The normalized spacial score (nSPS) is 19.8. The van der Waals surface area contributed by atoms with E-state index >= 15 is 0 Å². The average molecular weight is 367 g/mol. The minimum atomic E-state index is -1.30. The zero-order valence-electron chi connectivity index (χ0n) is 14.1. The van der Waals surface area contributed by atoms with Gasteiger partial charge in [0, 0.05) is 11.1 Å². The Morgan fingerprint density at radius 1 is 1.24 bits per heavy atom. The number of hydrogen-bond acceptors (Lipinski definition) is 4. The van der Waals surface area contributed by atoms with Crippen molar-refractivity contribution in [2.75, 3.05) is 6.54 Å². The van der Waals surface area contributed by atoms with Crippen molar-refractivity contribution in [2.45, 2.75) is 32.4 Å². The van der Waals surface area contributed by atoms with Crippen LogP contribution in [0.2, 0.25) is 5.02 Å². The second kappa shape index (κ2) is 7.10. The van der Waals surface area contributed by atoms with Crippen molar-refractivity contribution < 1.29 is 19.2 Å². The molecule has 6 amide bonds. The van der Waals surface area contributed by atoms with Gasteiger partial charge in [-0.3, -0.25) is 19.8 Å². The SMILES string of the molecule is CC(C)NC(=O)NC(=O)CN1C(=O)NC(C)(c2ccc(Cl)cc2)C1=O. The molecule has 1 fully saturated rings. The number of imide groups is 2. The molecule has 1 unspecified atom stereocenters. The molecule has 0 saturated carbocycles. The number of urea groups is 2. The summed E-state index contributed by atoms with van der Waals surface area (Å²) in [6, 6.07) is 4.91. The van der Waals surface area contributed by atoms with Gasteiger partial charge in [0.2, 0.25) is 5.91 Å². The standard InChI is InChI=1S/C16H19ClN4O4/c1-9(2)18-14(24)19-12(22)8-21-13(23)16(3,20-15(21)25)10-4-6-11(17)7-5-10/h4-7,9H,8H2,1-3H3,(H,20,25)(H2,18,19,22,24). The van der Waals surface area contributed by atoms with Crippen LogP contribution in [-0.2, 0) is 15.1 Å². The van der Waals surface area contributed by atoms with Gasteiger partial charge in [0.15, 0.2) is 0 Å². The minimum absolute atomic E-state index is 0.155. The van der Waals surface area contributed by atoms with Gasteiger partial charge in [-0.15, -0.1) is 0 Å². The lowest BCUT2D eigenvalue weighted by Crippen LogP contribution is -2.48. The molecule has 1 saturated heterocycles. The van der Waals surface area contributed by atoms with Crippen molar-refractivity contribution in [2.24, 2.45) is 0 Å². The van der Waals surface area contributed by atoms with Gasteiger partial charge in [-0.2, -0.15) is 0 Å². The van der Waals surface area contributed by atoms with E-state index in [1.165, 1.54) is 0 Å². The highest BCUT2D eigenvalue weighted by Crippen LogP contribution is 2.29. The number of hydrogen-bond donors (Lipinski definition) is 3. The number of nitrogens with one attached hydrogen (secondary N) is 3. The van der Waals surface area contributed by atoms with Gasteiger partial charge >= 0.3 is 12.1 Å². The lowest BCUT2D eigenvalue weighted by Gasteiger charge is -2.22. The zero-order valence-corrected chi connectivity index (χ0v) is 14.8. The molecule has 1 aromatic rings. The largest absolute Gasteiger partial charge is 0.336 e. The lowest BCUT2D eigenvalue weighted by atomic mass is 9.92. The Morgan fingerprint density at radius 2 is 1.84 bits per heavy atom. The van der Waals surface area contributed by atoms with Crippen LogP contribution in [0.15, 0.2) is 24.3 Å². The summed E-state index contributed by atoms with van der Waals surface area (Å²) in [4.78, 5) is 49.0. The van der Waals surface area contributed by atoms with Crippen LogP contribution in [0.4, 0.5) is 9.59 Å². The van der Waals surface area contributed by atoms with Crippen molar-refractivity contribution in [3.05, 3.63) is 34.9 Å². The Morgan fingerprint density at radius 3 is 2.40 bits per heavy atom. The maximum Gasteiger partial charge on any atom is 0.325 e. The molecule has 0 spiro atoms. The van der Waals surface area contributed by atoms with Gasteiger partial charge in [-0.25, -0.2) is 9.59 Å². The first-order valence-corrected chi connectivity index (χ1v) is 8.02. The average Bonchev–Trinajstić information content (AvgIpc) is 2.71. The number of carbonyl (C=O) groups is 4. The first-order valence-electron chi connectivity index (χ1n) is 7.64. The van der Waals surface area contributed by atoms with Gasteiger partial charge in [0.25, 0.3) is 5.91 Å². The predicted octanol–water partition coefficient (Wildman–Crippen LogP) is 1.34. The fraction of sp³-hybridized carbons (Fsp3) is 0.375. The van der Waals surface area contributed by atoms with Crippen molar-refractivity contribution in [1.29, 1.82) is 0 Å². The molecule has 1 heterocycles. The van der Waals surface area contributed by atoms with E-state index in [0.29, 0.717) is 10.6 Å². The highest BCUT2D eigenvalue weighted by molar-refractivity contribution is 6.30. The Bertz CT molecular complexity index is 719. The van der Waals surface area contributed by atoms with Gasteiger partial charge in [0.1, 0.15) is 12.1 Å². The molecule has 1 aliphatic rings. The molecule has 8 nitrogen and oxygen atoms in total. The monoisotopic (exact) mass is 366 g/mol. The maximum absolute atomic E-state index is 12.7. The molecule has 0 aromatic heterocycles. The summed E-state index contributed by atoms with van der Waals surface area (Å²) in [5.41, 5.74) is -0.766. The fourth-order valence-electron chi connectivity index (χ4n) is 2.43. The van der Waals surface area contributed by atoms with Crippen LogP contribution in [0, 0.1) is 0 Å². The fourth-order valence-corrected chi connectivity index (χ4v) is 2.55. The molecule has 0 radical (unpaired) electrons. The van der Waals surface area contributed by atoms with Crippen molar-refractivity contribution in [1.82, 2.24) is 20.9 Å². The van der Waals surface area contributed by atoms with Crippen LogP contribution in [0.3, 0.4) is 0 Å². The van der Waals surface area contributed by atoms with Gasteiger partial charge < -0.3 is 10.6 Å². The summed E-state index contributed by atoms with van der Waals surface area (Å²) in [5.74, 6) is -1.35. The quantitative estimate of drug-likeness (QED) is 0.699. The van der Waals surface area contributed by atoms with E-state index in [4.69, 9.17) is 11.6 Å². The maximum atomic E-state index is 12.7. The third-order valence-corrected chi connectivity index (χ3v) is 3.92. The van der Waals surface area contributed by atoms with Gasteiger partial charge in [-0.1, -0.05) is 23.7 Å². The summed E-state index contributed by atoms with van der Waals surface area (Å²) in [6.07, 6.45) is 0. The number of carbonyl (C=O) groups excluding carboxylic acids is 4. The number of benzene rings is 1. The van der Waals surface area contributed by atoms with E-state index in [2.05, 4.69) is 16.0 Å². The van der Waals surface area contributed by atoms with Crippen LogP contribution in [0.25, 0.3) is 0 Å². The molecule has 134 valence electrons. The van der Waals surface area contributed by atoms with Crippen LogP contribution in [-0.4, -0.2) is 41.4 Å². The smallest absolute Gasteiger partial charge is 0.325 e. The van der Waals surface area contributed by atoms with Crippen LogP contribution < -0.4 is 16.0 Å². The Kier molecular flexibility index (Phi) is 5.32. The van der Waals surface area contributed by atoms with Crippen molar-refractivity contribution in [3.8, 4) is 0 Å². The molecular weight excluding hydrogens is 348 g/mol. The number of nitrogens with zero attached hydrogens (tertiary/aromatic N) is 1. The topological polar surface area (TPSA) is 108 Å². The first kappa shape index (κ1) is 18.7. The molecule has 1 aliphatic heterocycles. The molecule has 9 heteroatoms. The van der Waals surface area contributed by atoms with E-state index in [-0.39, 0.29) is 6.04 Å². The van der Waals surface area contributed by atoms with Crippen molar-refractivity contribution >= 4 is 35.5 Å². The molecule has 3 N–H and O–H groups in total. The summed E-state index contributed by atoms with van der Waals surface area (Å²) in [6.45, 7) is 4.46. The van der Waals surface area contributed by atoms with Gasteiger partial charge in [0.05, 0.1) is 0 Å². The molecule has 1 atom stereocenters. The van der Waals surface area contributed by atoms with E-state index in [0.717, 1.165) is 4.90 Å². The van der Waals surface area contributed by atoms with E-state index in [1.54, 1.807) is 45.0 Å². The Hall–Kier alpha value is -2.61. The Balaban J connectivity index is 2.09. The van der Waals surface area contributed by atoms with E-state index in [1.807, 2.05) is 0 Å². The molecule has 2 rings (SSSR count). The van der Waals surface area contributed by atoms with Crippen molar-refractivity contribution in [3.63, 3.8) is 0 Å². The summed E-state index contributed by atoms with van der Waals surface area (Å²) < 4.78 is 0. The van der Waals surface area contributed by atoms with Crippen LogP contribution >= 0.6 is 11.6 Å². The minimum Gasteiger partial charge on any atom is -0.336 e. The third-order valence-electron chi connectivity index (χ3n) is 3.67. The van der Waals surface area contributed by atoms with E-state index < -0.39 is 36.0 Å². The summed E-state index contributed by atoms with van der Waals surface area (Å²) in [5, 5.41) is 7.62. The Labute approximate surface area is 149 Å². The predicted molar refractivity (Wildman–Crippen MR) is 90.9 cm³/mol. The zero-order chi connectivity index (χ0) is 18.8. The highest BCUT2D eigenvalue weighted by Gasteiger charge is 2.49. The highest BCUT2D eigenvalue weighted by atomic mass is 35.5. The number of amides is 6. The second-order valence-electron chi connectivity index (χ2n) is 6.13. The third kappa shape index (κ3) is 4.08. The summed E-state index contributed by atoms with van der Waals surface area (Å²) >= 11 is 5.84. The van der Waals surface area contributed by atoms with E-state index in [9.17, 15) is 19.2 Å². The van der Waals surface area contributed by atoms with Crippen LogP contribution in [0.1, 0.15) is 26.3 Å². The first-order chi connectivity index (χ1) is 11.6. The second-order valence-corrected chi connectivity index (χ2v) is 6.57. The molecular formula is C16H19ClN4O4. The van der Waals surface area contributed by atoms with Gasteiger partial charge in [-0.05, 0) is 38.5 Å². The molecule has 1 aromatic carbocycles. The lowest BCUT2D eigenvalue weighted by molar-refractivity contribution is -0.134. The molecule has 0 bridgehead atoms. The van der Waals surface area contributed by atoms with Crippen LogP contribution in [0.5, 0.6) is 0 Å². The summed E-state index contributed by atoms with van der Waals surface area (Å²) in [7, 11) is 0. The molecule has 25 heavy (non-hydrogen) atoms. The molecule has 0 aliphatic carbocycles. The number of halogens is 1.